The average molecular weight is 307 g/mol. The zero-order chi connectivity index (χ0) is 14.9. The molecule has 0 aliphatic heterocycles. The standard InChI is InChI=1S/C14H18ClF3N2/c1-9(2)12-5-10(7-15)6-13(19-12)20(11-3-4-11)8-14(16,17)18/h5-6,9,11H,3-4,7-8H2,1-2H3. The molecule has 1 aromatic rings. The van der Waals surface area contributed by atoms with Gasteiger partial charge in [-0.25, -0.2) is 4.98 Å². The Balaban J connectivity index is 2.34. The molecular weight excluding hydrogens is 289 g/mol. The van der Waals surface area contributed by atoms with Gasteiger partial charge in [0.2, 0.25) is 0 Å². The van der Waals surface area contributed by atoms with E-state index in [1.165, 1.54) is 4.90 Å². The van der Waals surface area contributed by atoms with Crippen molar-refractivity contribution >= 4 is 17.4 Å². The van der Waals surface area contributed by atoms with Crippen molar-refractivity contribution in [2.45, 2.75) is 50.7 Å². The van der Waals surface area contributed by atoms with Crippen molar-refractivity contribution in [1.29, 1.82) is 0 Å². The summed E-state index contributed by atoms with van der Waals surface area (Å²) in [5.74, 6) is 0.829. The second kappa shape index (κ2) is 5.80. The van der Waals surface area contributed by atoms with Crippen LogP contribution in [0.3, 0.4) is 0 Å². The van der Waals surface area contributed by atoms with Gasteiger partial charge in [-0.2, -0.15) is 13.2 Å². The number of rotatable bonds is 5. The minimum absolute atomic E-state index is 0.0466. The van der Waals surface area contributed by atoms with Gasteiger partial charge in [-0.05, 0) is 36.5 Å². The topological polar surface area (TPSA) is 16.1 Å². The van der Waals surface area contributed by atoms with Crippen molar-refractivity contribution in [3.63, 3.8) is 0 Å². The number of halogens is 4. The van der Waals surface area contributed by atoms with E-state index >= 15 is 0 Å². The molecule has 2 rings (SSSR count). The highest BCUT2D eigenvalue weighted by Crippen LogP contribution is 2.34. The predicted octanol–water partition coefficient (Wildman–Crippen LogP) is 4.47. The van der Waals surface area contributed by atoms with E-state index < -0.39 is 12.7 Å². The molecule has 1 aliphatic carbocycles. The lowest BCUT2D eigenvalue weighted by Gasteiger charge is -2.26. The molecule has 0 atom stereocenters. The van der Waals surface area contributed by atoms with E-state index in [0.29, 0.717) is 5.82 Å². The predicted molar refractivity (Wildman–Crippen MR) is 74.3 cm³/mol. The lowest BCUT2D eigenvalue weighted by Crippen LogP contribution is -2.36. The van der Waals surface area contributed by atoms with Crippen LogP contribution in [0.15, 0.2) is 12.1 Å². The maximum atomic E-state index is 12.7. The molecule has 0 spiro atoms. The van der Waals surface area contributed by atoms with Crippen molar-refractivity contribution in [3.8, 4) is 0 Å². The molecule has 0 unspecified atom stereocenters. The normalized spacial score (nSPS) is 15.8. The van der Waals surface area contributed by atoms with Crippen molar-refractivity contribution in [1.82, 2.24) is 4.98 Å². The summed E-state index contributed by atoms with van der Waals surface area (Å²) in [6, 6.07) is 3.48. The van der Waals surface area contributed by atoms with Crippen LogP contribution in [-0.4, -0.2) is 23.7 Å². The highest BCUT2D eigenvalue weighted by Gasteiger charge is 2.39. The summed E-state index contributed by atoms with van der Waals surface area (Å²) in [4.78, 5) is 5.76. The molecule has 1 heterocycles. The zero-order valence-electron chi connectivity index (χ0n) is 11.5. The first-order valence-corrected chi connectivity index (χ1v) is 7.24. The van der Waals surface area contributed by atoms with Crippen LogP contribution in [0.1, 0.15) is 43.9 Å². The van der Waals surface area contributed by atoms with Crippen LogP contribution in [0.25, 0.3) is 0 Å². The van der Waals surface area contributed by atoms with Crippen LogP contribution in [-0.2, 0) is 5.88 Å². The molecule has 0 amide bonds. The van der Waals surface area contributed by atoms with E-state index in [1.54, 1.807) is 6.07 Å². The zero-order valence-corrected chi connectivity index (χ0v) is 12.3. The second-order valence-electron chi connectivity index (χ2n) is 5.52. The molecule has 1 aliphatic rings. The molecule has 0 saturated heterocycles. The summed E-state index contributed by atoms with van der Waals surface area (Å²) in [5, 5.41) is 0. The minimum Gasteiger partial charge on any atom is -0.345 e. The fourth-order valence-corrected chi connectivity index (χ4v) is 2.25. The Bertz CT molecular complexity index is 470. The van der Waals surface area contributed by atoms with Gasteiger partial charge in [0, 0.05) is 17.6 Å². The molecule has 0 bridgehead atoms. The van der Waals surface area contributed by atoms with Crippen LogP contribution < -0.4 is 4.90 Å². The van der Waals surface area contributed by atoms with Crippen LogP contribution in [0.5, 0.6) is 0 Å². The number of hydrogen-bond acceptors (Lipinski definition) is 2. The van der Waals surface area contributed by atoms with Gasteiger partial charge in [0.25, 0.3) is 0 Å². The van der Waals surface area contributed by atoms with Gasteiger partial charge in [0.15, 0.2) is 0 Å². The van der Waals surface area contributed by atoms with Crippen molar-refractivity contribution < 1.29 is 13.2 Å². The SMILES string of the molecule is CC(C)c1cc(CCl)cc(N(CC(F)(F)F)C2CC2)n1. The van der Waals surface area contributed by atoms with Crippen molar-refractivity contribution in [2.75, 3.05) is 11.4 Å². The molecule has 2 nitrogen and oxygen atoms in total. The molecule has 0 aromatic carbocycles. The molecule has 0 radical (unpaired) electrons. The Morgan fingerprint density at radius 1 is 1.35 bits per heavy atom. The summed E-state index contributed by atoms with van der Waals surface area (Å²) >= 11 is 5.84. The van der Waals surface area contributed by atoms with Crippen LogP contribution in [0.4, 0.5) is 19.0 Å². The molecular formula is C14H18ClF3N2. The van der Waals surface area contributed by atoms with E-state index in [9.17, 15) is 13.2 Å². The Kier molecular flexibility index (Phi) is 4.47. The number of aromatic nitrogens is 1. The van der Waals surface area contributed by atoms with Crippen LogP contribution in [0.2, 0.25) is 0 Å². The monoisotopic (exact) mass is 306 g/mol. The van der Waals surface area contributed by atoms with E-state index in [4.69, 9.17) is 11.6 Å². The fraction of sp³-hybridized carbons (Fsp3) is 0.643. The number of hydrogen-bond donors (Lipinski definition) is 0. The Hall–Kier alpha value is -0.970. The molecule has 0 N–H and O–H groups in total. The molecule has 6 heteroatoms. The summed E-state index contributed by atoms with van der Waals surface area (Å²) in [7, 11) is 0. The molecule has 112 valence electrons. The second-order valence-corrected chi connectivity index (χ2v) is 5.79. The Morgan fingerprint density at radius 3 is 2.45 bits per heavy atom. The maximum absolute atomic E-state index is 12.7. The molecule has 1 fully saturated rings. The minimum atomic E-state index is -4.22. The molecule has 1 saturated carbocycles. The maximum Gasteiger partial charge on any atom is 0.405 e. The summed E-state index contributed by atoms with van der Waals surface area (Å²) < 4.78 is 38.2. The van der Waals surface area contributed by atoms with Crippen LogP contribution >= 0.6 is 11.6 Å². The third-order valence-electron chi connectivity index (χ3n) is 3.27. The number of nitrogens with zero attached hydrogens (tertiary/aromatic N) is 2. The van der Waals surface area contributed by atoms with Gasteiger partial charge in [-0.1, -0.05) is 13.8 Å². The summed E-state index contributed by atoms with van der Waals surface area (Å²) in [6.07, 6.45) is -2.64. The number of anilines is 1. The van der Waals surface area contributed by atoms with Gasteiger partial charge in [-0.3, -0.25) is 0 Å². The van der Waals surface area contributed by atoms with Gasteiger partial charge < -0.3 is 4.90 Å². The van der Waals surface area contributed by atoms with Gasteiger partial charge in [-0.15, -0.1) is 11.6 Å². The Morgan fingerprint density at radius 2 is 2.00 bits per heavy atom. The largest absolute Gasteiger partial charge is 0.405 e. The first-order valence-electron chi connectivity index (χ1n) is 6.70. The lowest BCUT2D eigenvalue weighted by molar-refractivity contribution is -0.120. The number of alkyl halides is 4. The fourth-order valence-electron chi connectivity index (χ4n) is 2.09. The molecule has 1 aromatic heterocycles. The Labute approximate surface area is 121 Å². The third kappa shape index (κ3) is 4.01. The molecule has 20 heavy (non-hydrogen) atoms. The number of pyridine rings is 1. The van der Waals surface area contributed by atoms with Gasteiger partial charge >= 0.3 is 6.18 Å². The van der Waals surface area contributed by atoms with Gasteiger partial charge in [0.05, 0.1) is 0 Å². The van der Waals surface area contributed by atoms with Gasteiger partial charge in [0.1, 0.15) is 12.4 Å². The third-order valence-corrected chi connectivity index (χ3v) is 3.58. The van der Waals surface area contributed by atoms with E-state index in [1.807, 2.05) is 19.9 Å². The first kappa shape index (κ1) is 15.4. The summed E-state index contributed by atoms with van der Waals surface area (Å²) in [6.45, 7) is 2.98. The summed E-state index contributed by atoms with van der Waals surface area (Å²) in [5.41, 5.74) is 1.60. The highest BCUT2D eigenvalue weighted by atomic mass is 35.5. The quantitative estimate of drug-likeness (QED) is 0.746. The average Bonchev–Trinajstić information content (AvgIpc) is 3.18. The van der Waals surface area contributed by atoms with E-state index in [-0.39, 0.29) is 17.8 Å². The van der Waals surface area contributed by atoms with Crippen LogP contribution in [0, 0.1) is 0 Å². The van der Waals surface area contributed by atoms with E-state index in [2.05, 4.69) is 4.98 Å². The van der Waals surface area contributed by atoms with E-state index in [0.717, 1.165) is 24.1 Å². The lowest BCUT2D eigenvalue weighted by atomic mass is 10.1. The smallest absolute Gasteiger partial charge is 0.345 e. The first-order chi connectivity index (χ1) is 9.30. The van der Waals surface area contributed by atoms with Crippen molar-refractivity contribution in [3.05, 3.63) is 23.4 Å². The highest BCUT2D eigenvalue weighted by molar-refractivity contribution is 6.17. The van der Waals surface area contributed by atoms with Crippen molar-refractivity contribution in [2.24, 2.45) is 0 Å².